The van der Waals surface area contributed by atoms with Crippen LogP contribution in [0.3, 0.4) is 0 Å². The first-order chi connectivity index (χ1) is 14.1. The van der Waals surface area contributed by atoms with Gasteiger partial charge >= 0.3 is 6.09 Å². The lowest BCUT2D eigenvalue weighted by atomic mass is 10.1. The number of likely N-dealkylation sites (tertiary alicyclic amines) is 1. The van der Waals surface area contributed by atoms with Crippen LogP contribution in [0.15, 0.2) is 36.7 Å². The molecule has 0 saturated carbocycles. The van der Waals surface area contributed by atoms with Crippen LogP contribution in [0.2, 0.25) is 0 Å². The van der Waals surface area contributed by atoms with Crippen LogP contribution in [0.5, 0.6) is 0 Å². The Morgan fingerprint density at radius 1 is 1.14 bits per heavy atom. The van der Waals surface area contributed by atoms with Gasteiger partial charge in [-0.05, 0) is 43.9 Å². The zero-order valence-electron chi connectivity index (χ0n) is 16.9. The van der Waals surface area contributed by atoms with Crippen LogP contribution in [0.1, 0.15) is 42.7 Å². The molecule has 0 spiro atoms. The Labute approximate surface area is 170 Å². The van der Waals surface area contributed by atoms with Gasteiger partial charge in [0.25, 0.3) is 5.91 Å². The highest BCUT2D eigenvalue weighted by atomic mass is 16.6. The van der Waals surface area contributed by atoms with E-state index in [0.29, 0.717) is 31.2 Å². The molecule has 0 atom stereocenters. The monoisotopic (exact) mass is 397 g/mol. The first-order valence-corrected chi connectivity index (χ1v) is 9.99. The van der Waals surface area contributed by atoms with E-state index in [-0.39, 0.29) is 18.0 Å². The van der Waals surface area contributed by atoms with E-state index in [1.165, 1.54) is 11.9 Å². The zero-order valence-corrected chi connectivity index (χ0v) is 16.9. The molecule has 0 aliphatic carbocycles. The largest absolute Gasteiger partial charge is 0.450 e. The van der Waals surface area contributed by atoms with Gasteiger partial charge in [0, 0.05) is 30.9 Å². The van der Waals surface area contributed by atoms with Gasteiger partial charge in [-0.25, -0.2) is 14.8 Å². The van der Waals surface area contributed by atoms with Crippen molar-refractivity contribution < 1.29 is 14.3 Å². The fraction of sp³-hybridized carbons (Fsp3) is 0.429. The minimum absolute atomic E-state index is 0.174. The Morgan fingerprint density at radius 3 is 2.52 bits per heavy atom. The number of ether oxygens (including phenoxy) is 1. The number of nitrogens with zero attached hydrogens (tertiary/aromatic N) is 3. The van der Waals surface area contributed by atoms with E-state index in [1.807, 2.05) is 24.3 Å². The van der Waals surface area contributed by atoms with Crippen LogP contribution < -0.4 is 10.6 Å². The Bertz CT molecular complexity index is 832. The number of aromatic nitrogens is 2. The molecule has 2 N–H and O–H groups in total. The number of piperidine rings is 1. The van der Waals surface area contributed by atoms with E-state index in [2.05, 4.69) is 27.5 Å². The molecule has 2 heterocycles. The molecule has 1 aromatic heterocycles. The molecule has 0 unspecified atom stereocenters. The van der Waals surface area contributed by atoms with Gasteiger partial charge in [-0.15, -0.1) is 0 Å². The maximum absolute atomic E-state index is 12.5. The van der Waals surface area contributed by atoms with E-state index >= 15 is 0 Å². The molecule has 154 valence electrons. The van der Waals surface area contributed by atoms with Crippen LogP contribution in [0, 0.1) is 0 Å². The smallest absolute Gasteiger partial charge is 0.409 e. The molecule has 8 heteroatoms. The predicted molar refractivity (Wildman–Crippen MR) is 111 cm³/mol. The molecule has 2 amide bonds. The lowest BCUT2D eigenvalue weighted by molar-refractivity contribution is 0.0980. The summed E-state index contributed by atoms with van der Waals surface area (Å²) in [6.07, 6.45) is 3.64. The second kappa shape index (κ2) is 9.86. The van der Waals surface area contributed by atoms with Gasteiger partial charge in [-0.1, -0.05) is 19.1 Å². The molecule has 0 bridgehead atoms. The summed E-state index contributed by atoms with van der Waals surface area (Å²) in [4.78, 5) is 34.3. The molecule has 29 heavy (non-hydrogen) atoms. The van der Waals surface area contributed by atoms with Crippen molar-refractivity contribution in [2.75, 3.05) is 30.3 Å². The van der Waals surface area contributed by atoms with Crippen LogP contribution in [-0.4, -0.2) is 52.6 Å². The molecule has 2 aromatic rings. The Balaban J connectivity index is 1.55. The highest BCUT2D eigenvalue weighted by Gasteiger charge is 2.23. The third-order valence-electron chi connectivity index (χ3n) is 4.89. The van der Waals surface area contributed by atoms with Crippen molar-refractivity contribution >= 4 is 23.5 Å². The molecule has 8 nitrogen and oxygen atoms in total. The van der Waals surface area contributed by atoms with Gasteiger partial charge in [0.15, 0.2) is 0 Å². The summed E-state index contributed by atoms with van der Waals surface area (Å²) >= 11 is 0. The minimum Gasteiger partial charge on any atom is -0.450 e. The lowest BCUT2D eigenvalue weighted by Gasteiger charge is -2.31. The number of carbonyl (C=O) groups is 2. The fourth-order valence-corrected chi connectivity index (χ4v) is 3.21. The first-order valence-electron chi connectivity index (χ1n) is 9.99. The van der Waals surface area contributed by atoms with Gasteiger partial charge in [0.05, 0.1) is 6.61 Å². The molecule has 3 rings (SSSR count). The second-order valence-electron chi connectivity index (χ2n) is 6.90. The molecule has 1 aliphatic heterocycles. The highest BCUT2D eigenvalue weighted by Crippen LogP contribution is 2.17. The summed E-state index contributed by atoms with van der Waals surface area (Å²) in [6, 6.07) is 9.57. The standard InChI is InChI=1S/C21H27N5O3/c1-3-15-5-7-16(8-6-15)25-20(27)18-13-19(23-14-22-18)24-17-9-11-26(12-10-17)21(28)29-4-2/h5-8,13-14,17H,3-4,9-12H2,1-2H3,(H,25,27)(H,22,23,24). The summed E-state index contributed by atoms with van der Waals surface area (Å²) in [5.41, 5.74) is 2.24. The predicted octanol–water partition coefficient (Wildman–Crippen LogP) is 3.32. The quantitative estimate of drug-likeness (QED) is 0.776. The number of hydrogen-bond donors (Lipinski definition) is 2. The minimum atomic E-state index is -0.281. The highest BCUT2D eigenvalue weighted by molar-refractivity contribution is 6.03. The van der Waals surface area contributed by atoms with Crippen LogP contribution >= 0.6 is 0 Å². The second-order valence-corrected chi connectivity index (χ2v) is 6.90. The number of aryl methyl sites for hydroxylation is 1. The third-order valence-corrected chi connectivity index (χ3v) is 4.89. The molecule has 0 radical (unpaired) electrons. The number of hydrogen-bond acceptors (Lipinski definition) is 6. The van der Waals surface area contributed by atoms with Gasteiger partial charge in [0.1, 0.15) is 17.8 Å². The zero-order chi connectivity index (χ0) is 20.6. The van der Waals surface area contributed by atoms with E-state index < -0.39 is 0 Å². The van der Waals surface area contributed by atoms with Crippen molar-refractivity contribution in [2.24, 2.45) is 0 Å². The summed E-state index contributed by atoms with van der Waals surface area (Å²) < 4.78 is 5.04. The summed E-state index contributed by atoms with van der Waals surface area (Å²) in [5, 5.41) is 6.19. The Morgan fingerprint density at radius 2 is 1.86 bits per heavy atom. The first kappa shape index (κ1) is 20.6. The van der Waals surface area contributed by atoms with Crippen molar-refractivity contribution in [3.63, 3.8) is 0 Å². The van der Waals surface area contributed by atoms with E-state index in [1.54, 1.807) is 17.9 Å². The summed E-state index contributed by atoms with van der Waals surface area (Å²) in [6.45, 7) is 5.52. The molecule has 1 saturated heterocycles. The third kappa shape index (κ3) is 5.66. The van der Waals surface area contributed by atoms with Crippen LogP contribution in [-0.2, 0) is 11.2 Å². The number of anilines is 2. The van der Waals surface area contributed by atoms with Gasteiger partial charge in [-0.2, -0.15) is 0 Å². The Hall–Kier alpha value is -3.16. The van der Waals surface area contributed by atoms with E-state index in [0.717, 1.165) is 24.9 Å². The molecule has 1 aromatic carbocycles. The lowest BCUT2D eigenvalue weighted by Crippen LogP contribution is -2.42. The van der Waals surface area contributed by atoms with Crippen molar-refractivity contribution in [3.8, 4) is 0 Å². The normalized spacial score (nSPS) is 14.3. The molecule has 1 aliphatic rings. The Kier molecular flexibility index (Phi) is 6.99. The summed E-state index contributed by atoms with van der Waals surface area (Å²) in [5.74, 6) is 0.317. The number of benzene rings is 1. The molecular weight excluding hydrogens is 370 g/mol. The summed E-state index contributed by atoms with van der Waals surface area (Å²) in [7, 11) is 0. The number of rotatable bonds is 6. The van der Waals surface area contributed by atoms with Gasteiger partial charge in [-0.3, -0.25) is 4.79 Å². The number of amides is 2. The molecule has 1 fully saturated rings. The van der Waals surface area contributed by atoms with Crippen molar-refractivity contribution in [1.29, 1.82) is 0 Å². The van der Waals surface area contributed by atoms with Gasteiger partial charge < -0.3 is 20.3 Å². The number of carbonyl (C=O) groups excluding carboxylic acids is 2. The van der Waals surface area contributed by atoms with Crippen molar-refractivity contribution in [1.82, 2.24) is 14.9 Å². The van der Waals surface area contributed by atoms with Crippen molar-refractivity contribution in [3.05, 3.63) is 47.9 Å². The SMILES string of the molecule is CCOC(=O)N1CCC(Nc2cc(C(=O)Nc3ccc(CC)cc3)ncn2)CC1. The molecular formula is C21H27N5O3. The van der Waals surface area contributed by atoms with Crippen molar-refractivity contribution in [2.45, 2.75) is 39.2 Å². The maximum atomic E-state index is 12.5. The number of nitrogens with one attached hydrogen (secondary N) is 2. The average Bonchev–Trinajstić information content (AvgIpc) is 2.75. The topological polar surface area (TPSA) is 96.5 Å². The van der Waals surface area contributed by atoms with Gasteiger partial charge in [0.2, 0.25) is 0 Å². The van der Waals surface area contributed by atoms with Crippen LogP contribution in [0.25, 0.3) is 0 Å². The van der Waals surface area contributed by atoms with E-state index in [9.17, 15) is 9.59 Å². The average molecular weight is 397 g/mol. The van der Waals surface area contributed by atoms with Crippen LogP contribution in [0.4, 0.5) is 16.3 Å². The maximum Gasteiger partial charge on any atom is 0.409 e. The fourth-order valence-electron chi connectivity index (χ4n) is 3.21. The van der Waals surface area contributed by atoms with E-state index in [4.69, 9.17) is 4.74 Å².